The number of aliphatic imine (C=N–C) groups is 1. The quantitative estimate of drug-likeness (QED) is 0.435. The molecule has 0 fully saturated rings. The molecule has 9 heavy (non-hydrogen) atoms. The summed E-state index contributed by atoms with van der Waals surface area (Å²) in [6.45, 7) is 5.53. The zero-order valence-electron chi connectivity index (χ0n) is 5.97. The summed E-state index contributed by atoms with van der Waals surface area (Å²) in [7, 11) is 0. The molecule has 0 heterocycles. The zero-order chi connectivity index (χ0) is 7.28. The number of nitrogens with one attached hydrogen (secondary N) is 1. The molecule has 0 atom stereocenters. The highest BCUT2D eigenvalue weighted by molar-refractivity contribution is 5.79. The van der Waals surface area contributed by atoms with Gasteiger partial charge in [-0.3, -0.25) is 4.99 Å². The molecule has 0 radical (unpaired) electrons. The van der Waals surface area contributed by atoms with Crippen LogP contribution in [0.15, 0.2) is 22.0 Å². The van der Waals surface area contributed by atoms with Gasteiger partial charge in [-0.2, -0.15) is 5.11 Å². The fourth-order valence-electron chi connectivity index (χ4n) is 0.251. The van der Waals surface area contributed by atoms with Crippen molar-refractivity contribution in [1.82, 2.24) is 0 Å². The maximum absolute atomic E-state index is 6.54. The molecular formula is C6H11N3. The molecule has 0 saturated heterocycles. The largest absolute Gasteiger partial charge is 0.264 e. The summed E-state index contributed by atoms with van der Waals surface area (Å²) in [4.78, 5) is 3.94. The molecule has 0 aliphatic carbocycles. The average Bonchev–Trinajstić information content (AvgIpc) is 1.83. The molecule has 0 aromatic heterocycles. The van der Waals surface area contributed by atoms with Gasteiger partial charge in [0.2, 0.25) is 0 Å². The monoisotopic (exact) mass is 125 g/mol. The van der Waals surface area contributed by atoms with Crippen LogP contribution >= 0.6 is 0 Å². The van der Waals surface area contributed by atoms with Gasteiger partial charge in [0, 0.05) is 11.9 Å². The Morgan fingerprint density at radius 2 is 1.89 bits per heavy atom. The molecule has 1 N–H and O–H groups in total. The van der Waals surface area contributed by atoms with Crippen molar-refractivity contribution in [3.63, 3.8) is 0 Å². The van der Waals surface area contributed by atoms with Gasteiger partial charge in [-0.05, 0) is 20.8 Å². The van der Waals surface area contributed by atoms with Crippen LogP contribution < -0.4 is 0 Å². The van der Waals surface area contributed by atoms with Gasteiger partial charge in [-0.25, -0.2) is 5.53 Å². The highest BCUT2D eigenvalue weighted by Crippen LogP contribution is 1.92. The fraction of sp³-hybridized carbons (Fsp3) is 0.500. The molecule has 0 aromatic carbocycles. The number of allylic oxidation sites excluding steroid dienone is 1. The van der Waals surface area contributed by atoms with E-state index >= 15 is 0 Å². The van der Waals surface area contributed by atoms with Crippen molar-refractivity contribution in [2.75, 3.05) is 0 Å². The summed E-state index contributed by atoms with van der Waals surface area (Å²) >= 11 is 0. The summed E-state index contributed by atoms with van der Waals surface area (Å²) < 4.78 is 0. The van der Waals surface area contributed by atoms with Crippen molar-refractivity contribution in [3.05, 3.63) is 11.9 Å². The Balaban J connectivity index is 3.98. The van der Waals surface area contributed by atoms with Crippen LogP contribution in [0.1, 0.15) is 20.8 Å². The second kappa shape index (κ2) is 3.95. The summed E-state index contributed by atoms with van der Waals surface area (Å²) in [6.07, 6.45) is 1.57. The standard InChI is InChI=1S/C6H11N3/c1-5(2)8-4-6(3)9-7/h4,7H,1-3H3/b6-4-,9-7?. The topological polar surface area (TPSA) is 48.6 Å². The zero-order valence-corrected chi connectivity index (χ0v) is 5.97. The van der Waals surface area contributed by atoms with Crippen molar-refractivity contribution in [1.29, 1.82) is 5.53 Å². The van der Waals surface area contributed by atoms with Crippen LogP contribution in [-0.4, -0.2) is 5.71 Å². The molecular weight excluding hydrogens is 114 g/mol. The van der Waals surface area contributed by atoms with E-state index in [0.29, 0.717) is 5.70 Å². The molecule has 0 rings (SSSR count). The van der Waals surface area contributed by atoms with Crippen LogP contribution in [0.4, 0.5) is 0 Å². The van der Waals surface area contributed by atoms with E-state index in [2.05, 4.69) is 10.1 Å². The minimum absolute atomic E-state index is 0.621. The van der Waals surface area contributed by atoms with Crippen molar-refractivity contribution in [2.45, 2.75) is 20.8 Å². The first-order valence-corrected chi connectivity index (χ1v) is 2.72. The first kappa shape index (κ1) is 8.01. The second-order valence-electron chi connectivity index (χ2n) is 1.96. The van der Waals surface area contributed by atoms with E-state index in [1.807, 2.05) is 13.8 Å². The van der Waals surface area contributed by atoms with Gasteiger partial charge in [-0.15, -0.1) is 0 Å². The smallest absolute Gasteiger partial charge is 0.0774 e. The Morgan fingerprint density at radius 3 is 2.22 bits per heavy atom. The lowest BCUT2D eigenvalue weighted by molar-refractivity contribution is 1.05. The Labute approximate surface area is 55.0 Å². The van der Waals surface area contributed by atoms with Gasteiger partial charge in [0.05, 0.1) is 5.70 Å². The van der Waals surface area contributed by atoms with Crippen molar-refractivity contribution in [3.8, 4) is 0 Å². The van der Waals surface area contributed by atoms with Gasteiger partial charge in [-0.1, -0.05) is 0 Å². The molecule has 3 nitrogen and oxygen atoms in total. The molecule has 0 amide bonds. The lowest BCUT2D eigenvalue weighted by atomic mass is 10.5. The van der Waals surface area contributed by atoms with E-state index in [-0.39, 0.29) is 0 Å². The molecule has 3 heteroatoms. The summed E-state index contributed by atoms with van der Waals surface area (Å²) in [5, 5.41) is 3.16. The van der Waals surface area contributed by atoms with Crippen LogP contribution in [-0.2, 0) is 0 Å². The molecule has 0 unspecified atom stereocenters. The Morgan fingerprint density at radius 1 is 1.33 bits per heavy atom. The first-order valence-electron chi connectivity index (χ1n) is 2.72. The van der Waals surface area contributed by atoms with E-state index in [1.165, 1.54) is 0 Å². The average molecular weight is 125 g/mol. The second-order valence-corrected chi connectivity index (χ2v) is 1.96. The lowest BCUT2D eigenvalue weighted by Gasteiger charge is -1.84. The number of nitrogens with zero attached hydrogens (tertiary/aromatic N) is 2. The summed E-state index contributed by atoms with van der Waals surface area (Å²) in [5.41, 5.74) is 8.13. The number of hydrogen-bond donors (Lipinski definition) is 1. The maximum Gasteiger partial charge on any atom is 0.0774 e. The van der Waals surface area contributed by atoms with Crippen LogP contribution in [0.25, 0.3) is 0 Å². The predicted molar refractivity (Wildman–Crippen MR) is 37.7 cm³/mol. The van der Waals surface area contributed by atoms with E-state index in [1.54, 1.807) is 13.1 Å². The molecule has 0 saturated carbocycles. The third-order valence-corrected chi connectivity index (χ3v) is 0.686. The van der Waals surface area contributed by atoms with E-state index < -0.39 is 0 Å². The van der Waals surface area contributed by atoms with Crippen LogP contribution in [0, 0.1) is 5.53 Å². The van der Waals surface area contributed by atoms with Gasteiger partial charge < -0.3 is 0 Å². The first-order chi connectivity index (χ1) is 4.16. The highest BCUT2D eigenvalue weighted by atomic mass is 15.0. The normalized spacial score (nSPS) is 10.8. The van der Waals surface area contributed by atoms with E-state index in [9.17, 15) is 0 Å². The SMILES string of the molecule is CC(C)=N/C=C(/C)N=N. The van der Waals surface area contributed by atoms with Gasteiger partial charge in [0.15, 0.2) is 0 Å². The van der Waals surface area contributed by atoms with Crippen LogP contribution in [0.5, 0.6) is 0 Å². The van der Waals surface area contributed by atoms with Crippen molar-refractivity contribution >= 4 is 5.71 Å². The number of hydrogen-bond acceptors (Lipinski definition) is 3. The van der Waals surface area contributed by atoms with E-state index in [0.717, 1.165) is 5.71 Å². The van der Waals surface area contributed by atoms with Crippen LogP contribution in [0.3, 0.4) is 0 Å². The summed E-state index contributed by atoms with van der Waals surface area (Å²) in [5.74, 6) is 0. The van der Waals surface area contributed by atoms with Gasteiger partial charge in [0.1, 0.15) is 0 Å². The maximum atomic E-state index is 6.54. The lowest BCUT2D eigenvalue weighted by Crippen LogP contribution is -1.76. The summed E-state index contributed by atoms with van der Waals surface area (Å²) in [6, 6.07) is 0. The molecule has 0 bridgehead atoms. The van der Waals surface area contributed by atoms with Crippen molar-refractivity contribution < 1.29 is 0 Å². The Kier molecular flexibility index (Phi) is 3.51. The van der Waals surface area contributed by atoms with Gasteiger partial charge >= 0.3 is 0 Å². The Bertz CT molecular complexity index is 152. The van der Waals surface area contributed by atoms with Crippen molar-refractivity contribution in [2.24, 2.45) is 10.1 Å². The molecule has 0 aromatic rings. The third kappa shape index (κ3) is 4.87. The highest BCUT2D eigenvalue weighted by Gasteiger charge is 1.78. The van der Waals surface area contributed by atoms with Gasteiger partial charge in [0.25, 0.3) is 0 Å². The molecule has 0 spiro atoms. The minimum Gasteiger partial charge on any atom is -0.264 e. The number of rotatable bonds is 2. The minimum atomic E-state index is 0.621. The van der Waals surface area contributed by atoms with E-state index in [4.69, 9.17) is 5.53 Å². The third-order valence-electron chi connectivity index (χ3n) is 0.686. The molecule has 0 aliphatic rings. The van der Waals surface area contributed by atoms with Crippen LogP contribution in [0.2, 0.25) is 0 Å². The molecule has 0 aliphatic heterocycles. The Hall–Kier alpha value is -0.990. The molecule has 50 valence electrons. The predicted octanol–water partition coefficient (Wildman–Crippen LogP) is 2.36. The fourth-order valence-corrected chi connectivity index (χ4v) is 0.251.